The van der Waals surface area contributed by atoms with Crippen LogP contribution in [0.4, 0.5) is 0 Å². The maximum Gasteiger partial charge on any atom is 0.197 e. The number of methoxy groups -OCH3 is 2. The lowest BCUT2D eigenvalue weighted by Crippen LogP contribution is -2.72. The molecule has 0 radical (unpaired) electrons. The number of allylic oxidation sites excluding steroid dienone is 2. The number of hydrogen-bond acceptors (Lipinski definition) is 2. The van der Waals surface area contributed by atoms with Crippen LogP contribution >= 0.6 is 0 Å². The summed E-state index contributed by atoms with van der Waals surface area (Å²) in [6.07, 6.45) is 24.7. The molecule has 8 saturated carbocycles. The zero-order chi connectivity index (χ0) is 24.2. The summed E-state index contributed by atoms with van der Waals surface area (Å²) in [5.74, 6) is 4.78. The first kappa shape index (κ1) is 22.6. The van der Waals surface area contributed by atoms with Crippen LogP contribution in [0.3, 0.4) is 0 Å². The average molecular weight is 485 g/mol. The Morgan fingerprint density at radius 3 is 1.42 bits per heavy atom. The van der Waals surface area contributed by atoms with Gasteiger partial charge in [-0.2, -0.15) is 0 Å². The molecule has 9 aliphatic carbocycles. The molecule has 0 atom stereocenters. The summed E-state index contributed by atoms with van der Waals surface area (Å²) >= 11 is 0. The summed E-state index contributed by atoms with van der Waals surface area (Å²) in [7, 11) is 3.90. The highest BCUT2D eigenvalue weighted by molar-refractivity contribution is 5.77. The second-order valence-corrected chi connectivity index (χ2v) is 14.6. The maximum atomic E-state index is 6.75. The van der Waals surface area contributed by atoms with Gasteiger partial charge in [0, 0.05) is 14.2 Å². The van der Waals surface area contributed by atoms with Gasteiger partial charge in [-0.15, -0.1) is 0 Å². The molecule has 0 N–H and O–H groups in total. The van der Waals surface area contributed by atoms with Gasteiger partial charge in [-0.1, -0.05) is 42.5 Å². The van der Waals surface area contributed by atoms with Crippen molar-refractivity contribution < 1.29 is 9.47 Å². The van der Waals surface area contributed by atoms with Crippen LogP contribution in [-0.4, -0.2) is 20.0 Å². The van der Waals surface area contributed by atoms with Gasteiger partial charge in [-0.05, 0) is 141 Å². The largest absolute Gasteiger partial charge is 0.349 e. The quantitative estimate of drug-likeness (QED) is 0.394. The van der Waals surface area contributed by atoms with Crippen molar-refractivity contribution in [3.8, 4) is 0 Å². The molecule has 10 rings (SSSR count). The predicted molar refractivity (Wildman–Crippen MR) is 144 cm³/mol. The van der Waals surface area contributed by atoms with E-state index in [9.17, 15) is 0 Å². The van der Waals surface area contributed by atoms with E-state index < -0.39 is 5.79 Å². The number of ether oxygens (including phenoxy) is 2. The number of hydrogen-bond donors (Lipinski definition) is 0. The summed E-state index contributed by atoms with van der Waals surface area (Å²) in [6.45, 7) is 0. The van der Waals surface area contributed by atoms with Crippen LogP contribution in [0.2, 0.25) is 0 Å². The second-order valence-electron chi connectivity index (χ2n) is 14.6. The summed E-state index contributed by atoms with van der Waals surface area (Å²) in [5, 5.41) is 0. The minimum Gasteiger partial charge on any atom is -0.349 e. The molecule has 36 heavy (non-hydrogen) atoms. The Kier molecular flexibility index (Phi) is 4.77. The molecule has 0 saturated heterocycles. The van der Waals surface area contributed by atoms with E-state index >= 15 is 0 Å². The van der Waals surface area contributed by atoms with Crippen molar-refractivity contribution in [2.45, 2.75) is 82.8 Å². The van der Waals surface area contributed by atoms with E-state index in [0.29, 0.717) is 0 Å². The lowest BCUT2D eigenvalue weighted by Gasteiger charge is -2.75. The minimum absolute atomic E-state index is 0.109. The fourth-order valence-corrected chi connectivity index (χ4v) is 12.9. The minimum atomic E-state index is -0.678. The van der Waals surface area contributed by atoms with E-state index in [-0.39, 0.29) is 16.2 Å². The number of rotatable bonds is 5. The fraction of sp³-hybridized carbons (Fsp3) is 0.706. The van der Waals surface area contributed by atoms with Gasteiger partial charge in [0.25, 0.3) is 0 Å². The molecule has 0 unspecified atom stereocenters. The van der Waals surface area contributed by atoms with Crippen molar-refractivity contribution >= 4 is 5.57 Å². The molecule has 0 heterocycles. The van der Waals surface area contributed by atoms with Crippen molar-refractivity contribution in [2.75, 3.05) is 14.2 Å². The molecular weight excluding hydrogens is 440 g/mol. The van der Waals surface area contributed by atoms with Crippen molar-refractivity contribution in [2.24, 2.45) is 51.8 Å². The van der Waals surface area contributed by atoms with E-state index in [1.54, 1.807) is 0 Å². The van der Waals surface area contributed by atoms with Gasteiger partial charge in [-0.25, -0.2) is 0 Å². The monoisotopic (exact) mass is 484 g/mol. The summed E-state index contributed by atoms with van der Waals surface area (Å²) < 4.78 is 13.5. The lowest BCUT2D eigenvalue weighted by atomic mass is 9.31. The van der Waals surface area contributed by atoms with E-state index in [2.05, 4.69) is 48.6 Å². The Morgan fingerprint density at radius 2 is 1.03 bits per heavy atom. The van der Waals surface area contributed by atoms with Gasteiger partial charge in [0.2, 0.25) is 0 Å². The second kappa shape index (κ2) is 7.60. The molecule has 0 amide bonds. The summed E-state index contributed by atoms with van der Waals surface area (Å²) in [6, 6.07) is 11.2. The standard InChI is InChI=1S/C34H44O2/c1-35-34(36-2)9-8-30(29-6-4-3-5-7-29)22-33(34,31-16-23-10-24(17-31)12-25(11-23)18-31)32-19-26-13-27(20-32)15-28(14-26)21-32/h3-9,22-28H,10-21H2,1-2H3. The Hall–Kier alpha value is -1.38. The van der Waals surface area contributed by atoms with Gasteiger partial charge in [0.15, 0.2) is 5.79 Å². The molecule has 1 aromatic rings. The molecule has 2 heteroatoms. The number of benzene rings is 1. The Morgan fingerprint density at radius 1 is 0.611 bits per heavy atom. The molecule has 0 aliphatic heterocycles. The highest BCUT2D eigenvalue weighted by atomic mass is 16.7. The van der Waals surface area contributed by atoms with Crippen molar-refractivity contribution in [1.82, 2.24) is 0 Å². The predicted octanol–water partition coefficient (Wildman–Crippen LogP) is 8.05. The van der Waals surface area contributed by atoms with Crippen LogP contribution in [0.1, 0.15) is 82.6 Å². The molecule has 1 aromatic carbocycles. The smallest absolute Gasteiger partial charge is 0.197 e. The Bertz CT molecular complexity index is 975. The highest BCUT2D eigenvalue weighted by Gasteiger charge is 2.76. The molecule has 0 aromatic heterocycles. The van der Waals surface area contributed by atoms with E-state index in [4.69, 9.17) is 9.47 Å². The third kappa shape index (κ3) is 2.76. The van der Waals surface area contributed by atoms with Crippen LogP contribution < -0.4 is 0 Å². The topological polar surface area (TPSA) is 18.5 Å². The van der Waals surface area contributed by atoms with Gasteiger partial charge < -0.3 is 9.47 Å². The van der Waals surface area contributed by atoms with Crippen LogP contribution in [0, 0.1) is 51.8 Å². The maximum absolute atomic E-state index is 6.75. The molecule has 9 aliphatic rings. The van der Waals surface area contributed by atoms with Crippen molar-refractivity contribution in [3.63, 3.8) is 0 Å². The van der Waals surface area contributed by atoms with E-state index in [0.717, 1.165) is 35.5 Å². The normalized spacial score (nSPS) is 49.4. The van der Waals surface area contributed by atoms with Crippen molar-refractivity contribution in [1.29, 1.82) is 0 Å². The fourth-order valence-electron chi connectivity index (χ4n) is 12.9. The van der Waals surface area contributed by atoms with Crippen molar-refractivity contribution in [3.05, 3.63) is 54.1 Å². The molecular formula is C34H44O2. The molecule has 192 valence electrons. The van der Waals surface area contributed by atoms with Gasteiger partial charge in [0.1, 0.15) is 0 Å². The zero-order valence-electron chi connectivity index (χ0n) is 22.4. The Balaban J connectivity index is 1.41. The van der Waals surface area contributed by atoms with Crippen LogP contribution in [-0.2, 0) is 9.47 Å². The SMILES string of the molecule is COC1(OC)C=CC(c2ccccc2)=CC1(C12CC3CC(CC(C3)C1)C2)C12CC3CC(CC(C3)C1)C2. The Labute approximate surface area is 217 Å². The molecule has 0 spiro atoms. The van der Waals surface area contributed by atoms with Crippen LogP contribution in [0.15, 0.2) is 48.6 Å². The van der Waals surface area contributed by atoms with E-state index in [1.165, 1.54) is 88.2 Å². The third-order valence-electron chi connectivity index (χ3n) is 12.9. The highest BCUT2D eigenvalue weighted by Crippen LogP contribution is 2.80. The first-order valence-electron chi connectivity index (χ1n) is 15.1. The average Bonchev–Trinajstić information content (AvgIpc) is 2.87. The molecule has 8 fully saturated rings. The van der Waals surface area contributed by atoms with E-state index in [1.807, 2.05) is 14.2 Å². The molecule has 8 bridgehead atoms. The summed E-state index contributed by atoms with van der Waals surface area (Å²) in [4.78, 5) is 0. The third-order valence-corrected chi connectivity index (χ3v) is 12.9. The van der Waals surface area contributed by atoms with Gasteiger partial charge in [0.05, 0.1) is 5.41 Å². The van der Waals surface area contributed by atoms with Crippen LogP contribution in [0.25, 0.3) is 5.57 Å². The first-order chi connectivity index (χ1) is 17.5. The van der Waals surface area contributed by atoms with Crippen LogP contribution in [0.5, 0.6) is 0 Å². The zero-order valence-corrected chi connectivity index (χ0v) is 22.4. The van der Waals surface area contributed by atoms with Gasteiger partial charge in [-0.3, -0.25) is 0 Å². The first-order valence-corrected chi connectivity index (χ1v) is 15.1. The molecule has 2 nitrogen and oxygen atoms in total. The van der Waals surface area contributed by atoms with Gasteiger partial charge >= 0.3 is 0 Å². The summed E-state index contributed by atoms with van der Waals surface area (Å²) in [5.41, 5.74) is 3.22. The lowest BCUT2D eigenvalue weighted by molar-refractivity contribution is -0.337.